The summed E-state index contributed by atoms with van der Waals surface area (Å²) in [6.45, 7) is 4.26. The lowest BCUT2D eigenvalue weighted by Gasteiger charge is -2.09. The largest absolute Gasteiger partial charge is 0.481 e. The molecule has 2 rings (SSSR count). The molecule has 1 heterocycles. The standard InChI is InChI=1S/C14H20N2O4/c1-3-9(4-2)10-7-11(20-16-10)12(17)15-8-14(5-6-14)13(18)19/h7,9H,3-6,8H2,1-2H3,(H,15,17)(H,18,19). The normalized spacial score (nSPS) is 16.1. The average Bonchev–Trinajstić information content (AvgIpc) is 3.08. The Bertz CT molecular complexity index is 501. The van der Waals surface area contributed by atoms with Crippen LogP contribution in [0.5, 0.6) is 0 Å². The Morgan fingerprint density at radius 1 is 1.45 bits per heavy atom. The van der Waals surface area contributed by atoms with Crippen molar-refractivity contribution in [3.8, 4) is 0 Å². The van der Waals surface area contributed by atoms with Crippen molar-refractivity contribution in [3.63, 3.8) is 0 Å². The molecule has 1 aromatic heterocycles. The van der Waals surface area contributed by atoms with E-state index in [1.54, 1.807) is 6.07 Å². The molecule has 1 saturated carbocycles. The molecule has 1 aliphatic rings. The lowest BCUT2D eigenvalue weighted by atomic mass is 9.99. The molecule has 0 unspecified atom stereocenters. The van der Waals surface area contributed by atoms with Crippen LogP contribution in [0, 0.1) is 5.41 Å². The molecule has 110 valence electrons. The summed E-state index contributed by atoms with van der Waals surface area (Å²) in [6.07, 6.45) is 3.09. The molecule has 0 radical (unpaired) electrons. The molecule has 0 atom stereocenters. The van der Waals surface area contributed by atoms with Crippen molar-refractivity contribution < 1.29 is 19.2 Å². The van der Waals surface area contributed by atoms with Gasteiger partial charge in [-0.25, -0.2) is 0 Å². The maximum absolute atomic E-state index is 11.9. The molecule has 1 aromatic rings. The summed E-state index contributed by atoms with van der Waals surface area (Å²) in [5.74, 6) is -0.822. The van der Waals surface area contributed by atoms with E-state index in [1.807, 2.05) is 0 Å². The van der Waals surface area contributed by atoms with E-state index in [0.717, 1.165) is 18.5 Å². The van der Waals surface area contributed by atoms with Crippen molar-refractivity contribution in [3.05, 3.63) is 17.5 Å². The van der Waals surface area contributed by atoms with Gasteiger partial charge >= 0.3 is 5.97 Å². The van der Waals surface area contributed by atoms with Gasteiger partial charge in [0.1, 0.15) is 0 Å². The summed E-state index contributed by atoms with van der Waals surface area (Å²) >= 11 is 0. The van der Waals surface area contributed by atoms with Gasteiger partial charge in [-0.15, -0.1) is 0 Å². The summed E-state index contributed by atoms with van der Waals surface area (Å²) in [5.41, 5.74) is 0.00738. The highest BCUT2D eigenvalue weighted by Gasteiger charge is 2.50. The van der Waals surface area contributed by atoms with Crippen LogP contribution in [0.1, 0.15) is 61.7 Å². The Morgan fingerprint density at radius 2 is 2.10 bits per heavy atom. The third kappa shape index (κ3) is 2.84. The van der Waals surface area contributed by atoms with Crippen LogP contribution in [-0.4, -0.2) is 28.7 Å². The summed E-state index contributed by atoms with van der Waals surface area (Å²) in [4.78, 5) is 22.9. The third-order valence-corrected chi connectivity index (χ3v) is 4.05. The van der Waals surface area contributed by atoms with Crippen LogP contribution in [0.2, 0.25) is 0 Å². The van der Waals surface area contributed by atoms with E-state index < -0.39 is 17.3 Å². The van der Waals surface area contributed by atoms with Gasteiger partial charge in [-0.2, -0.15) is 0 Å². The number of aromatic nitrogens is 1. The van der Waals surface area contributed by atoms with Gasteiger partial charge in [-0.05, 0) is 25.7 Å². The fourth-order valence-corrected chi connectivity index (χ4v) is 2.25. The number of hydrogen-bond donors (Lipinski definition) is 2. The molecule has 0 aromatic carbocycles. The third-order valence-electron chi connectivity index (χ3n) is 4.05. The number of amides is 1. The number of carboxylic acid groups (broad SMARTS) is 1. The molecular weight excluding hydrogens is 260 g/mol. The fourth-order valence-electron chi connectivity index (χ4n) is 2.25. The molecule has 2 N–H and O–H groups in total. The second-order valence-corrected chi connectivity index (χ2v) is 5.40. The molecular formula is C14H20N2O4. The number of carbonyl (C=O) groups excluding carboxylic acids is 1. The van der Waals surface area contributed by atoms with Crippen molar-refractivity contribution >= 4 is 11.9 Å². The first-order chi connectivity index (χ1) is 9.52. The zero-order valence-electron chi connectivity index (χ0n) is 11.8. The Kier molecular flexibility index (Phi) is 4.11. The Labute approximate surface area is 117 Å². The van der Waals surface area contributed by atoms with Gasteiger partial charge in [0.05, 0.1) is 11.1 Å². The first kappa shape index (κ1) is 14.6. The van der Waals surface area contributed by atoms with E-state index >= 15 is 0 Å². The van der Waals surface area contributed by atoms with Gasteiger partial charge in [0.25, 0.3) is 5.91 Å². The lowest BCUT2D eigenvalue weighted by Crippen LogP contribution is -2.34. The van der Waals surface area contributed by atoms with Gasteiger partial charge in [0.15, 0.2) is 0 Å². The number of carbonyl (C=O) groups is 2. The first-order valence-corrected chi connectivity index (χ1v) is 7.00. The molecule has 1 fully saturated rings. The van der Waals surface area contributed by atoms with Gasteiger partial charge < -0.3 is 14.9 Å². The predicted octanol–water partition coefficient (Wildman–Crippen LogP) is 2.17. The van der Waals surface area contributed by atoms with Crippen LogP contribution in [0.15, 0.2) is 10.6 Å². The SMILES string of the molecule is CCC(CC)c1cc(C(=O)NCC2(C(=O)O)CC2)on1. The van der Waals surface area contributed by atoms with E-state index in [-0.39, 0.29) is 18.2 Å². The predicted molar refractivity (Wildman–Crippen MR) is 71.5 cm³/mol. The minimum atomic E-state index is -0.854. The van der Waals surface area contributed by atoms with Crippen molar-refractivity contribution in [2.45, 2.75) is 45.4 Å². The minimum Gasteiger partial charge on any atom is -0.481 e. The highest BCUT2D eigenvalue weighted by Crippen LogP contribution is 2.45. The zero-order valence-corrected chi connectivity index (χ0v) is 11.8. The second kappa shape index (κ2) is 5.64. The first-order valence-electron chi connectivity index (χ1n) is 7.00. The molecule has 0 spiro atoms. The fraction of sp³-hybridized carbons (Fsp3) is 0.643. The molecule has 0 aliphatic heterocycles. The maximum Gasteiger partial charge on any atom is 0.311 e. The number of aliphatic carboxylic acids is 1. The quantitative estimate of drug-likeness (QED) is 0.798. The van der Waals surface area contributed by atoms with Crippen LogP contribution in [0.4, 0.5) is 0 Å². The van der Waals surface area contributed by atoms with Crippen molar-refractivity contribution in [2.75, 3.05) is 6.54 Å². The van der Waals surface area contributed by atoms with E-state index in [9.17, 15) is 9.59 Å². The molecule has 20 heavy (non-hydrogen) atoms. The van der Waals surface area contributed by atoms with Gasteiger partial charge in [0.2, 0.25) is 5.76 Å². The summed E-state index contributed by atoms with van der Waals surface area (Å²) < 4.78 is 5.05. The molecule has 6 heteroatoms. The Morgan fingerprint density at radius 3 is 2.60 bits per heavy atom. The van der Waals surface area contributed by atoms with Gasteiger partial charge in [0, 0.05) is 18.5 Å². The van der Waals surface area contributed by atoms with Crippen LogP contribution in [-0.2, 0) is 4.79 Å². The number of rotatable bonds is 7. The highest BCUT2D eigenvalue weighted by molar-refractivity contribution is 5.92. The molecule has 0 bridgehead atoms. The average molecular weight is 280 g/mol. The van der Waals surface area contributed by atoms with Gasteiger partial charge in [-0.1, -0.05) is 19.0 Å². The smallest absolute Gasteiger partial charge is 0.311 e. The minimum absolute atomic E-state index is 0.141. The lowest BCUT2D eigenvalue weighted by molar-refractivity contribution is -0.143. The Balaban J connectivity index is 1.95. The van der Waals surface area contributed by atoms with Crippen LogP contribution < -0.4 is 5.32 Å². The monoisotopic (exact) mass is 280 g/mol. The summed E-state index contributed by atoms with van der Waals surface area (Å²) in [7, 11) is 0. The summed E-state index contributed by atoms with van der Waals surface area (Å²) in [6, 6.07) is 1.65. The van der Waals surface area contributed by atoms with E-state index in [2.05, 4.69) is 24.3 Å². The number of nitrogens with zero attached hydrogens (tertiary/aromatic N) is 1. The molecule has 6 nitrogen and oxygen atoms in total. The van der Waals surface area contributed by atoms with Crippen molar-refractivity contribution in [2.24, 2.45) is 5.41 Å². The summed E-state index contributed by atoms with van der Waals surface area (Å²) in [5, 5.41) is 15.6. The van der Waals surface area contributed by atoms with Crippen LogP contribution in [0.3, 0.4) is 0 Å². The highest BCUT2D eigenvalue weighted by atomic mass is 16.5. The van der Waals surface area contributed by atoms with E-state index in [0.29, 0.717) is 12.8 Å². The van der Waals surface area contributed by atoms with Crippen LogP contribution in [0.25, 0.3) is 0 Å². The molecule has 1 aliphatic carbocycles. The number of carboxylic acids is 1. The topological polar surface area (TPSA) is 92.4 Å². The van der Waals surface area contributed by atoms with E-state index in [1.165, 1.54) is 0 Å². The van der Waals surface area contributed by atoms with Crippen LogP contribution >= 0.6 is 0 Å². The maximum atomic E-state index is 11.9. The van der Waals surface area contributed by atoms with Crippen molar-refractivity contribution in [1.29, 1.82) is 0 Å². The number of nitrogens with one attached hydrogen (secondary N) is 1. The van der Waals surface area contributed by atoms with Gasteiger partial charge in [-0.3, -0.25) is 9.59 Å². The van der Waals surface area contributed by atoms with E-state index in [4.69, 9.17) is 9.63 Å². The Hall–Kier alpha value is -1.85. The van der Waals surface area contributed by atoms with Crippen molar-refractivity contribution in [1.82, 2.24) is 10.5 Å². The molecule has 1 amide bonds. The molecule has 0 saturated heterocycles. The second-order valence-electron chi connectivity index (χ2n) is 5.40. The number of hydrogen-bond acceptors (Lipinski definition) is 4. The zero-order chi connectivity index (χ0) is 14.8.